The van der Waals surface area contributed by atoms with Crippen molar-refractivity contribution in [1.29, 1.82) is 0 Å². The molecule has 0 saturated carbocycles. The molecule has 0 fully saturated rings. The van der Waals surface area contributed by atoms with Gasteiger partial charge in [0.1, 0.15) is 23.0 Å². The fourth-order valence-corrected chi connectivity index (χ4v) is 4.68. The highest BCUT2D eigenvalue weighted by atomic mass is 16.5. The van der Waals surface area contributed by atoms with E-state index >= 15 is 0 Å². The number of rotatable bonds is 2. The summed E-state index contributed by atoms with van der Waals surface area (Å²) in [6.07, 6.45) is 5.55. The van der Waals surface area contributed by atoms with Gasteiger partial charge in [-0.2, -0.15) is 5.10 Å². The highest BCUT2D eigenvalue weighted by Gasteiger charge is 2.40. The lowest BCUT2D eigenvalue weighted by Crippen LogP contribution is -2.57. The van der Waals surface area contributed by atoms with Crippen LogP contribution >= 0.6 is 0 Å². The van der Waals surface area contributed by atoms with Crippen molar-refractivity contribution in [2.45, 2.75) is 0 Å². The molecule has 0 amide bonds. The van der Waals surface area contributed by atoms with Crippen LogP contribution in [0, 0.1) is 0 Å². The van der Waals surface area contributed by atoms with E-state index in [9.17, 15) is 0 Å². The summed E-state index contributed by atoms with van der Waals surface area (Å²) < 4.78 is 14.5. The summed E-state index contributed by atoms with van der Waals surface area (Å²) in [6.45, 7) is -0.00660. The molecule has 0 atom stereocenters. The molecule has 0 spiro atoms. The Bertz CT molecular complexity index is 1470. The summed E-state index contributed by atoms with van der Waals surface area (Å²) in [5, 5.41) is 4.40. The summed E-state index contributed by atoms with van der Waals surface area (Å²) >= 11 is 0. The van der Waals surface area contributed by atoms with E-state index in [2.05, 4.69) is 28.3 Å². The minimum absolute atomic E-state index is 0.00660. The maximum absolute atomic E-state index is 6.31. The van der Waals surface area contributed by atoms with Crippen molar-refractivity contribution in [1.82, 2.24) is 14.8 Å². The van der Waals surface area contributed by atoms with Crippen molar-refractivity contribution in [2.24, 2.45) is 0 Å². The highest BCUT2D eigenvalue weighted by molar-refractivity contribution is 6.98. The molecule has 32 heavy (non-hydrogen) atoms. The summed E-state index contributed by atoms with van der Waals surface area (Å²) in [4.78, 5) is 4.54. The minimum atomic E-state index is -0.00660. The number of pyridine rings is 1. The van der Waals surface area contributed by atoms with Gasteiger partial charge in [0, 0.05) is 24.1 Å². The number of hydrogen-bond donors (Lipinski definition) is 0. The van der Waals surface area contributed by atoms with Crippen LogP contribution in [0.3, 0.4) is 0 Å². The van der Waals surface area contributed by atoms with Gasteiger partial charge in [-0.1, -0.05) is 18.2 Å². The first-order chi connectivity index (χ1) is 15.8. The van der Waals surface area contributed by atoms with Crippen LogP contribution in [0.5, 0.6) is 23.0 Å². The number of benzene rings is 3. The fourth-order valence-electron chi connectivity index (χ4n) is 4.68. The molecule has 0 bridgehead atoms. The third-order valence-electron chi connectivity index (χ3n) is 6.11. The first kappa shape index (κ1) is 17.4. The molecule has 0 N–H and O–H groups in total. The van der Waals surface area contributed by atoms with Gasteiger partial charge in [-0.05, 0) is 77.2 Å². The van der Waals surface area contributed by atoms with E-state index in [0.29, 0.717) is 0 Å². The van der Waals surface area contributed by atoms with Gasteiger partial charge in [-0.3, -0.25) is 4.98 Å². The van der Waals surface area contributed by atoms with E-state index in [0.717, 1.165) is 56.3 Å². The molecule has 4 heterocycles. The molecule has 0 saturated heterocycles. The number of hydrogen-bond acceptors (Lipinski definition) is 4. The third-order valence-corrected chi connectivity index (χ3v) is 6.11. The third kappa shape index (κ3) is 2.53. The number of fused-ring (bicyclic) bond motifs is 4. The van der Waals surface area contributed by atoms with E-state index in [1.165, 1.54) is 0 Å². The second kappa shape index (κ2) is 6.59. The molecule has 0 aliphatic carbocycles. The summed E-state index contributed by atoms with van der Waals surface area (Å²) in [5.74, 6) is 3.38. The Morgan fingerprint density at radius 1 is 0.688 bits per heavy atom. The van der Waals surface area contributed by atoms with Gasteiger partial charge in [0.05, 0.1) is 11.4 Å². The van der Waals surface area contributed by atoms with Crippen molar-refractivity contribution in [2.75, 3.05) is 0 Å². The Morgan fingerprint density at radius 3 is 2.25 bits per heavy atom. The molecule has 6 heteroatoms. The monoisotopic (exact) mass is 413 g/mol. The quantitative estimate of drug-likeness (QED) is 0.406. The Balaban J connectivity index is 1.47. The molecule has 150 valence electrons. The van der Waals surface area contributed by atoms with Gasteiger partial charge in [0.15, 0.2) is 0 Å². The van der Waals surface area contributed by atoms with Crippen LogP contribution in [-0.2, 0) is 0 Å². The Kier molecular flexibility index (Phi) is 3.58. The first-order valence-electron chi connectivity index (χ1n) is 10.5. The van der Waals surface area contributed by atoms with Crippen LogP contribution in [0.25, 0.3) is 16.9 Å². The fraction of sp³-hybridized carbons (Fsp3) is 0. The SMILES string of the molecule is c1ccc(-c2ccc3c(c2)B2c4cc(-n5cccn5)ccc4Oc4cccc(c42)O3)nc1. The lowest BCUT2D eigenvalue weighted by Gasteiger charge is -2.33. The Labute approximate surface area is 185 Å². The molecule has 2 aliphatic rings. The van der Waals surface area contributed by atoms with Crippen LogP contribution in [0.2, 0.25) is 0 Å². The zero-order valence-electron chi connectivity index (χ0n) is 17.0. The Morgan fingerprint density at radius 2 is 1.50 bits per heavy atom. The molecule has 7 rings (SSSR count). The summed E-state index contributed by atoms with van der Waals surface area (Å²) in [5.41, 5.74) is 6.25. The maximum Gasteiger partial charge on any atom is 0.260 e. The van der Waals surface area contributed by atoms with Crippen molar-refractivity contribution >= 4 is 23.1 Å². The van der Waals surface area contributed by atoms with Crippen LogP contribution < -0.4 is 25.9 Å². The molecule has 0 radical (unpaired) electrons. The number of nitrogens with zero attached hydrogens (tertiary/aromatic N) is 3. The van der Waals surface area contributed by atoms with Gasteiger partial charge >= 0.3 is 0 Å². The van der Waals surface area contributed by atoms with E-state index in [4.69, 9.17) is 9.47 Å². The molecule has 5 aromatic rings. The number of ether oxygens (including phenoxy) is 2. The molecular weight excluding hydrogens is 397 g/mol. The normalized spacial score (nSPS) is 12.8. The van der Waals surface area contributed by atoms with E-state index in [-0.39, 0.29) is 6.71 Å². The standard InChI is InChI=1S/C26H16BN3O2/c1-2-12-28-21(5-1)17-8-10-22-19(15-17)27-20-16-18(30-14-4-13-29-30)9-11-23(20)32-25-7-3-6-24(31-22)26(25)27/h1-16H. The molecule has 3 aromatic carbocycles. The van der Waals surface area contributed by atoms with Crippen LogP contribution in [0.1, 0.15) is 0 Å². The summed E-state index contributed by atoms with van der Waals surface area (Å²) in [6, 6.07) is 26.4. The topological polar surface area (TPSA) is 49.2 Å². The van der Waals surface area contributed by atoms with E-state index in [1.54, 1.807) is 6.20 Å². The van der Waals surface area contributed by atoms with Crippen molar-refractivity contribution in [3.63, 3.8) is 0 Å². The van der Waals surface area contributed by atoms with Crippen molar-refractivity contribution in [3.05, 3.63) is 97.5 Å². The smallest absolute Gasteiger partial charge is 0.260 e. The van der Waals surface area contributed by atoms with Gasteiger partial charge in [-0.15, -0.1) is 0 Å². The van der Waals surface area contributed by atoms with Crippen LogP contribution in [-0.4, -0.2) is 21.5 Å². The predicted molar refractivity (Wildman–Crippen MR) is 124 cm³/mol. The van der Waals surface area contributed by atoms with E-state index in [1.807, 2.05) is 77.7 Å². The predicted octanol–water partition coefficient (Wildman–Crippen LogP) is 3.66. The van der Waals surface area contributed by atoms with Crippen LogP contribution in [0.4, 0.5) is 0 Å². The van der Waals surface area contributed by atoms with Gasteiger partial charge in [-0.25, -0.2) is 4.68 Å². The minimum Gasteiger partial charge on any atom is -0.458 e. The highest BCUT2D eigenvalue weighted by Crippen LogP contribution is 2.35. The molecular formula is C26H16BN3O2. The van der Waals surface area contributed by atoms with Crippen molar-refractivity contribution < 1.29 is 9.47 Å². The van der Waals surface area contributed by atoms with E-state index < -0.39 is 0 Å². The first-order valence-corrected chi connectivity index (χ1v) is 10.5. The second-order valence-electron chi connectivity index (χ2n) is 7.95. The second-order valence-corrected chi connectivity index (χ2v) is 7.95. The largest absolute Gasteiger partial charge is 0.458 e. The lowest BCUT2D eigenvalue weighted by molar-refractivity contribution is 0.464. The average molecular weight is 413 g/mol. The van der Waals surface area contributed by atoms with Gasteiger partial charge in [0.2, 0.25) is 0 Å². The van der Waals surface area contributed by atoms with Gasteiger partial charge < -0.3 is 9.47 Å². The average Bonchev–Trinajstić information content (AvgIpc) is 3.39. The van der Waals surface area contributed by atoms with Gasteiger partial charge in [0.25, 0.3) is 6.71 Å². The molecule has 2 aromatic heterocycles. The van der Waals surface area contributed by atoms with Crippen molar-refractivity contribution in [3.8, 4) is 39.9 Å². The maximum atomic E-state index is 6.31. The lowest BCUT2D eigenvalue weighted by atomic mass is 9.34. The molecule has 2 aliphatic heterocycles. The Hall–Kier alpha value is -4.32. The summed E-state index contributed by atoms with van der Waals surface area (Å²) in [7, 11) is 0. The molecule has 0 unspecified atom stereocenters. The van der Waals surface area contributed by atoms with Crippen LogP contribution in [0.15, 0.2) is 97.5 Å². The number of aromatic nitrogens is 3. The zero-order chi connectivity index (χ0) is 21.1. The zero-order valence-corrected chi connectivity index (χ0v) is 17.0. The molecule has 5 nitrogen and oxygen atoms in total.